The first-order chi connectivity index (χ1) is 10.7. The molecule has 0 aromatic heterocycles. The van der Waals surface area contributed by atoms with Crippen LogP contribution in [0.4, 0.5) is 0 Å². The van der Waals surface area contributed by atoms with Crippen molar-refractivity contribution in [2.75, 3.05) is 14.2 Å². The van der Waals surface area contributed by atoms with E-state index < -0.39 is 6.10 Å². The molecule has 1 N–H and O–H groups in total. The van der Waals surface area contributed by atoms with Crippen molar-refractivity contribution in [2.45, 2.75) is 12.0 Å². The lowest BCUT2D eigenvalue weighted by Gasteiger charge is -2.29. The SMILES string of the molecule is COc1ccc(OC)c2c1C=C[C@H](c1ccccc1Br)[C@@H]2O. The molecule has 0 spiro atoms. The van der Waals surface area contributed by atoms with Crippen LogP contribution in [0.5, 0.6) is 11.5 Å². The Morgan fingerprint density at radius 1 is 1.00 bits per heavy atom. The van der Waals surface area contributed by atoms with Crippen molar-refractivity contribution < 1.29 is 14.6 Å². The van der Waals surface area contributed by atoms with Crippen molar-refractivity contribution in [1.82, 2.24) is 0 Å². The van der Waals surface area contributed by atoms with E-state index in [-0.39, 0.29) is 5.92 Å². The molecule has 0 fully saturated rings. The Labute approximate surface area is 138 Å². The van der Waals surface area contributed by atoms with Gasteiger partial charge in [0.05, 0.1) is 20.3 Å². The zero-order valence-electron chi connectivity index (χ0n) is 12.4. The van der Waals surface area contributed by atoms with Gasteiger partial charge in [0.2, 0.25) is 0 Å². The number of hydrogen-bond acceptors (Lipinski definition) is 3. The van der Waals surface area contributed by atoms with E-state index in [9.17, 15) is 5.11 Å². The monoisotopic (exact) mass is 360 g/mol. The van der Waals surface area contributed by atoms with Crippen LogP contribution in [0.1, 0.15) is 28.7 Å². The summed E-state index contributed by atoms with van der Waals surface area (Å²) in [5, 5.41) is 10.9. The Morgan fingerprint density at radius 2 is 1.68 bits per heavy atom. The van der Waals surface area contributed by atoms with Crippen molar-refractivity contribution in [2.24, 2.45) is 0 Å². The first-order valence-corrected chi connectivity index (χ1v) is 7.82. The maximum absolute atomic E-state index is 10.9. The lowest BCUT2D eigenvalue weighted by molar-refractivity contribution is 0.155. The molecule has 1 aliphatic rings. The third-order valence-electron chi connectivity index (χ3n) is 4.02. The second kappa shape index (κ2) is 6.15. The molecule has 22 heavy (non-hydrogen) atoms. The number of hydrogen-bond donors (Lipinski definition) is 1. The number of methoxy groups -OCH3 is 2. The largest absolute Gasteiger partial charge is 0.496 e. The van der Waals surface area contributed by atoms with Crippen LogP contribution in [-0.4, -0.2) is 19.3 Å². The first kappa shape index (κ1) is 15.1. The predicted octanol–water partition coefficient (Wildman–Crippen LogP) is 4.31. The third-order valence-corrected chi connectivity index (χ3v) is 4.74. The molecular formula is C18H17BrO3. The van der Waals surface area contributed by atoms with Crippen LogP contribution in [0.3, 0.4) is 0 Å². The normalized spacial score (nSPS) is 19.6. The quantitative estimate of drug-likeness (QED) is 0.886. The molecule has 1 aliphatic carbocycles. The minimum Gasteiger partial charge on any atom is -0.496 e. The second-order valence-electron chi connectivity index (χ2n) is 5.15. The van der Waals surface area contributed by atoms with Gasteiger partial charge in [0.15, 0.2) is 0 Å². The van der Waals surface area contributed by atoms with E-state index in [1.54, 1.807) is 14.2 Å². The number of halogens is 1. The van der Waals surface area contributed by atoms with E-state index in [1.807, 2.05) is 48.6 Å². The third kappa shape index (κ3) is 2.42. The molecule has 2 atom stereocenters. The van der Waals surface area contributed by atoms with Gasteiger partial charge >= 0.3 is 0 Å². The van der Waals surface area contributed by atoms with Crippen molar-refractivity contribution in [1.29, 1.82) is 0 Å². The summed E-state index contributed by atoms with van der Waals surface area (Å²) in [5.41, 5.74) is 2.68. The molecule has 0 unspecified atom stereocenters. The number of fused-ring (bicyclic) bond motifs is 1. The highest BCUT2D eigenvalue weighted by Gasteiger charge is 2.31. The molecule has 3 rings (SSSR count). The molecule has 2 aromatic carbocycles. The first-order valence-electron chi connectivity index (χ1n) is 7.03. The van der Waals surface area contributed by atoms with Gasteiger partial charge in [-0.25, -0.2) is 0 Å². The van der Waals surface area contributed by atoms with Gasteiger partial charge in [-0.2, -0.15) is 0 Å². The summed E-state index contributed by atoms with van der Waals surface area (Å²) in [7, 11) is 3.24. The molecule has 0 radical (unpaired) electrons. The summed E-state index contributed by atoms with van der Waals surface area (Å²) in [4.78, 5) is 0. The summed E-state index contributed by atoms with van der Waals surface area (Å²) in [6, 6.07) is 11.6. The maximum atomic E-state index is 10.9. The fourth-order valence-electron chi connectivity index (χ4n) is 2.93. The zero-order chi connectivity index (χ0) is 15.7. The molecule has 2 aromatic rings. The molecular weight excluding hydrogens is 344 g/mol. The van der Waals surface area contributed by atoms with Crippen molar-refractivity contribution >= 4 is 22.0 Å². The average Bonchev–Trinajstić information content (AvgIpc) is 2.55. The van der Waals surface area contributed by atoms with Crippen LogP contribution < -0.4 is 9.47 Å². The summed E-state index contributed by atoms with van der Waals surface area (Å²) in [6.07, 6.45) is 3.31. The Morgan fingerprint density at radius 3 is 2.36 bits per heavy atom. The topological polar surface area (TPSA) is 38.7 Å². The fourth-order valence-corrected chi connectivity index (χ4v) is 3.48. The number of aliphatic hydroxyl groups is 1. The van der Waals surface area contributed by atoms with Gasteiger partial charge in [-0.1, -0.05) is 46.3 Å². The Kier molecular flexibility index (Phi) is 4.23. The lowest BCUT2D eigenvalue weighted by Crippen LogP contribution is -2.15. The average molecular weight is 361 g/mol. The molecule has 114 valence electrons. The highest BCUT2D eigenvalue weighted by atomic mass is 79.9. The number of rotatable bonds is 3. The molecule has 3 nitrogen and oxygen atoms in total. The van der Waals surface area contributed by atoms with Crippen LogP contribution in [0.15, 0.2) is 46.9 Å². The van der Waals surface area contributed by atoms with Crippen molar-refractivity contribution in [3.05, 3.63) is 63.6 Å². The molecule has 0 bridgehead atoms. The van der Waals surface area contributed by atoms with Gasteiger partial charge in [-0.15, -0.1) is 0 Å². The Balaban J connectivity index is 2.14. The van der Waals surface area contributed by atoms with E-state index in [0.717, 1.165) is 26.9 Å². The van der Waals surface area contributed by atoms with Crippen LogP contribution >= 0.6 is 15.9 Å². The summed E-state index contributed by atoms with van der Waals surface area (Å²) < 4.78 is 11.8. The highest BCUT2D eigenvalue weighted by molar-refractivity contribution is 9.10. The smallest absolute Gasteiger partial charge is 0.126 e. The maximum Gasteiger partial charge on any atom is 0.126 e. The molecule has 0 amide bonds. The Bertz CT molecular complexity index is 724. The standard InChI is InChI=1S/C18H17BrO3/c1-21-15-9-10-16(22-2)17-13(15)8-7-12(18(17)20)11-5-3-4-6-14(11)19/h3-10,12,18,20H,1-2H3/t12-,18+/m1/s1. The van der Waals surface area contributed by atoms with Gasteiger partial charge in [-0.3, -0.25) is 0 Å². The van der Waals surface area contributed by atoms with Gasteiger partial charge < -0.3 is 14.6 Å². The van der Waals surface area contributed by atoms with E-state index in [4.69, 9.17) is 9.47 Å². The minimum atomic E-state index is -0.691. The molecule has 0 heterocycles. The highest BCUT2D eigenvalue weighted by Crippen LogP contribution is 2.46. The van der Waals surface area contributed by atoms with Crippen LogP contribution in [0.25, 0.3) is 6.08 Å². The fraction of sp³-hybridized carbons (Fsp3) is 0.222. The van der Waals surface area contributed by atoms with Gasteiger partial charge in [0, 0.05) is 21.5 Å². The number of benzene rings is 2. The van der Waals surface area contributed by atoms with Crippen molar-refractivity contribution in [3.63, 3.8) is 0 Å². The summed E-state index contributed by atoms with van der Waals surface area (Å²) in [6.45, 7) is 0. The van der Waals surface area contributed by atoms with Crippen LogP contribution in [-0.2, 0) is 0 Å². The zero-order valence-corrected chi connectivity index (χ0v) is 14.0. The van der Waals surface area contributed by atoms with Gasteiger partial charge in [-0.05, 0) is 23.8 Å². The van der Waals surface area contributed by atoms with Crippen LogP contribution in [0.2, 0.25) is 0 Å². The predicted molar refractivity (Wildman–Crippen MR) is 90.4 cm³/mol. The number of ether oxygens (including phenoxy) is 2. The van der Waals surface area contributed by atoms with Gasteiger partial charge in [0.25, 0.3) is 0 Å². The number of aliphatic hydroxyl groups excluding tert-OH is 1. The van der Waals surface area contributed by atoms with E-state index in [1.165, 1.54) is 0 Å². The minimum absolute atomic E-state index is 0.135. The van der Waals surface area contributed by atoms with Crippen LogP contribution in [0, 0.1) is 0 Å². The van der Waals surface area contributed by atoms with Crippen molar-refractivity contribution in [3.8, 4) is 11.5 Å². The van der Waals surface area contributed by atoms with E-state index in [2.05, 4.69) is 15.9 Å². The lowest BCUT2D eigenvalue weighted by atomic mass is 9.82. The summed E-state index contributed by atoms with van der Waals surface area (Å²) >= 11 is 3.56. The molecule has 0 aliphatic heterocycles. The second-order valence-corrected chi connectivity index (χ2v) is 6.00. The van der Waals surface area contributed by atoms with Gasteiger partial charge in [0.1, 0.15) is 11.5 Å². The summed E-state index contributed by atoms with van der Waals surface area (Å²) in [5.74, 6) is 1.27. The molecule has 0 saturated heterocycles. The van der Waals surface area contributed by atoms with E-state index >= 15 is 0 Å². The Hall–Kier alpha value is -1.78. The van der Waals surface area contributed by atoms with E-state index in [0.29, 0.717) is 5.75 Å². The molecule has 0 saturated carbocycles. The molecule has 4 heteroatoms.